The molecule has 2 aromatic rings. The van der Waals surface area contributed by atoms with Gasteiger partial charge in [-0.05, 0) is 61.5 Å². The number of fused-ring (bicyclic) bond motifs is 2. The summed E-state index contributed by atoms with van der Waals surface area (Å²) in [6.07, 6.45) is 10.3. The molecule has 0 aliphatic heterocycles. The van der Waals surface area contributed by atoms with Crippen molar-refractivity contribution in [3.8, 4) is 0 Å². The van der Waals surface area contributed by atoms with Crippen LogP contribution in [0.1, 0.15) is 62.0 Å². The summed E-state index contributed by atoms with van der Waals surface area (Å²) >= 11 is 0. The fourth-order valence-electron chi connectivity index (χ4n) is 4.64. The lowest BCUT2D eigenvalue weighted by Gasteiger charge is -2.45. The summed E-state index contributed by atoms with van der Waals surface area (Å²) < 4.78 is 5.37. The SMILES string of the molecule is C[C@]12Cc3cnoc3C=C1CCC[C@@H]2CCC(O)c1ccccc1. The highest BCUT2D eigenvalue weighted by molar-refractivity contribution is 5.57. The highest BCUT2D eigenvalue weighted by atomic mass is 16.5. The molecule has 24 heavy (non-hydrogen) atoms. The van der Waals surface area contributed by atoms with Crippen LogP contribution in [-0.4, -0.2) is 10.3 Å². The largest absolute Gasteiger partial charge is 0.388 e. The average Bonchev–Trinajstić information content (AvgIpc) is 3.04. The van der Waals surface area contributed by atoms with E-state index >= 15 is 0 Å². The maximum atomic E-state index is 10.5. The van der Waals surface area contributed by atoms with E-state index in [4.69, 9.17) is 4.52 Å². The van der Waals surface area contributed by atoms with E-state index in [1.165, 1.54) is 24.0 Å². The Kier molecular flexibility index (Phi) is 4.05. The van der Waals surface area contributed by atoms with Gasteiger partial charge in [0.05, 0.1) is 12.3 Å². The monoisotopic (exact) mass is 323 g/mol. The number of aliphatic hydroxyl groups is 1. The zero-order valence-corrected chi connectivity index (χ0v) is 14.2. The number of nitrogens with zero attached hydrogens (tertiary/aromatic N) is 1. The molecule has 1 heterocycles. The number of rotatable bonds is 4. The van der Waals surface area contributed by atoms with E-state index in [9.17, 15) is 5.11 Å². The van der Waals surface area contributed by atoms with E-state index in [-0.39, 0.29) is 11.5 Å². The molecule has 2 aliphatic rings. The lowest BCUT2D eigenvalue weighted by Crippen LogP contribution is -2.37. The predicted molar refractivity (Wildman–Crippen MR) is 94.3 cm³/mol. The van der Waals surface area contributed by atoms with Crippen LogP contribution in [0, 0.1) is 11.3 Å². The van der Waals surface area contributed by atoms with Crippen molar-refractivity contribution in [2.24, 2.45) is 11.3 Å². The van der Waals surface area contributed by atoms with Crippen molar-refractivity contribution in [1.82, 2.24) is 5.16 Å². The van der Waals surface area contributed by atoms with Gasteiger partial charge < -0.3 is 9.63 Å². The van der Waals surface area contributed by atoms with Gasteiger partial charge in [-0.1, -0.05) is 48.0 Å². The second kappa shape index (κ2) is 6.21. The fourth-order valence-corrected chi connectivity index (χ4v) is 4.64. The molecule has 4 rings (SSSR count). The van der Waals surface area contributed by atoms with E-state index in [0.29, 0.717) is 5.92 Å². The third kappa shape index (κ3) is 2.71. The maximum absolute atomic E-state index is 10.5. The summed E-state index contributed by atoms with van der Waals surface area (Å²) in [5, 5.41) is 14.5. The molecule has 3 atom stereocenters. The summed E-state index contributed by atoms with van der Waals surface area (Å²) in [5.74, 6) is 1.56. The zero-order chi connectivity index (χ0) is 16.6. The second-order valence-corrected chi connectivity index (χ2v) is 7.57. The van der Waals surface area contributed by atoms with Crippen LogP contribution in [-0.2, 0) is 6.42 Å². The Hall–Kier alpha value is -1.87. The van der Waals surface area contributed by atoms with Crippen LogP contribution in [0.15, 0.2) is 46.6 Å². The van der Waals surface area contributed by atoms with Gasteiger partial charge in [-0.3, -0.25) is 0 Å². The van der Waals surface area contributed by atoms with Gasteiger partial charge >= 0.3 is 0 Å². The van der Waals surface area contributed by atoms with Crippen LogP contribution in [0.5, 0.6) is 0 Å². The van der Waals surface area contributed by atoms with Crippen LogP contribution in [0.3, 0.4) is 0 Å². The number of aliphatic hydroxyl groups excluding tert-OH is 1. The molecular weight excluding hydrogens is 298 g/mol. The molecular formula is C21H25NO2. The Balaban J connectivity index is 1.50. The molecule has 3 heteroatoms. The van der Waals surface area contributed by atoms with Crippen LogP contribution < -0.4 is 0 Å². The molecule has 1 aromatic carbocycles. The van der Waals surface area contributed by atoms with Crippen LogP contribution in [0.2, 0.25) is 0 Å². The van der Waals surface area contributed by atoms with Crippen molar-refractivity contribution in [3.05, 3.63) is 59.0 Å². The highest BCUT2D eigenvalue weighted by Crippen LogP contribution is 2.52. The molecule has 3 nitrogen and oxygen atoms in total. The van der Waals surface area contributed by atoms with Crippen LogP contribution >= 0.6 is 0 Å². The average molecular weight is 323 g/mol. The maximum Gasteiger partial charge on any atom is 0.162 e. The third-order valence-corrected chi connectivity index (χ3v) is 6.15. The van der Waals surface area contributed by atoms with Gasteiger partial charge in [0.15, 0.2) is 5.76 Å². The van der Waals surface area contributed by atoms with Gasteiger partial charge in [-0.25, -0.2) is 0 Å². The first kappa shape index (κ1) is 15.6. The molecule has 0 amide bonds. The molecule has 1 aromatic heterocycles. The third-order valence-electron chi connectivity index (χ3n) is 6.15. The second-order valence-electron chi connectivity index (χ2n) is 7.57. The van der Waals surface area contributed by atoms with E-state index in [0.717, 1.165) is 37.0 Å². The minimum absolute atomic E-state index is 0.188. The fraction of sp³-hybridized carbons (Fsp3) is 0.476. The molecule has 1 fully saturated rings. The summed E-state index contributed by atoms with van der Waals surface area (Å²) in [4.78, 5) is 0. The molecule has 1 saturated carbocycles. The van der Waals surface area contributed by atoms with Gasteiger partial charge in [0.2, 0.25) is 0 Å². The van der Waals surface area contributed by atoms with Crippen molar-refractivity contribution in [1.29, 1.82) is 0 Å². The summed E-state index contributed by atoms with van der Waals surface area (Å²) in [7, 11) is 0. The van der Waals surface area contributed by atoms with Gasteiger partial charge in [0, 0.05) is 5.56 Å². The van der Waals surface area contributed by atoms with Gasteiger partial charge in [0.1, 0.15) is 0 Å². The van der Waals surface area contributed by atoms with E-state index in [1.807, 2.05) is 36.5 Å². The minimum Gasteiger partial charge on any atom is -0.388 e. The Morgan fingerprint density at radius 3 is 3.00 bits per heavy atom. The molecule has 1 N–H and O–H groups in total. The lowest BCUT2D eigenvalue weighted by atomic mass is 9.58. The van der Waals surface area contributed by atoms with Crippen LogP contribution in [0.4, 0.5) is 0 Å². The van der Waals surface area contributed by atoms with E-state index in [1.54, 1.807) is 0 Å². The number of allylic oxidation sites excluding steroid dienone is 1. The van der Waals surface area contributed by atoms with Crippen molar-refractivity contribution in [2.75, 3.05) is 0 Å². The lowest BCUT2D eigenvalue weighted by molar-refractivity contribution is 0.117. The molecule has 1 unspecified atom stereocenters. The van der Waals surface area contributed by atoms with Crippen molar-refractivity contribution >= 4 is 6.08 Å². The summed E-state index contributed by atoms with van der Waals surface area (Å²) in [6, 6.07) is 10.0. The summed E-state index contributed by atoms with van der Waals surface area (Å²) in [5.41, 5.74) is 3.96. The molecule has 0 spiro atoms. The van der Waals surface area contributed by atoms with Crippen molar-refractivity contribution in [3.63, 3.8) is 0 Å². The van der Waals surface area contributed by atoms with E-state index < -0.39 is 0 Å². The number of benzene rings is 1. The number of hydrogen-bond acceptors (Lipinski definition) is 3. The molecule has 126 valence electrons. The highest BCUT2D eigenvalue weighted by Gasteiger charge is 2.43. The predicted octanol–water partition coefficient (Wildman–Crippen LogP) is 4.93. The van der Waals surface area contributed by atoms with Crippen LogP contribution in [0.25, 0.3) is 6.08 Å². The summed E-state index contributed by atoms with van der Waals surface area (Å²) in [6.45, 7) is 2.40. The van der Waals surface area contributed by atoms with E-state index in [2.05, 4.69) is 18.2 Å². The molecule has 0 radical (unpaired) electrons. The molecule has 0 bridgehead atoms. The minimum atomic E-state index is -0.362. The molecule has 2 aliphatic carbocycles. The molecule has 0 saturated heterocycles. The zero-order valence-electron chi connectivity index (χ0n) is 14.2. The smallest absolute Gasteiger partial charge is 0.162 e. The standard InChI is InChI=1S/C21H25NO2/c1-21-13-16-14-22-24-20(16)12-18(21)9-5-8-17(21)10-11-19(23)15-6-3-2-4-7-15/h2-4,6-7,12,14,17,19,23H,5,8-11,13H2,1H3/t17-,19?,21-/m1/s1. The number of hydrogen-bond donors (Lipinski definition) is 1. The first-order valence-electron chi connectivity index (χ1n) is 9.04. The van der Waals surface area contributed by atoms with Crippen molar-refractivity contribution < 1.29 is 9.63 Å². The normalized spacial score (nSPS) is 27.1. The van der Waals surface area contributed by atoms with Gasteiger partial charge in [0.25, 0.3) is 0 Å². The first-order valence-corrected chi connectivity index (χ1v) is 9.04. The Morgan fingerprint density at radius 2 is 2.17 bits per heavy atom. The Labute approximate surface area is 143 Å². The Morgan fingerprint density at radius 1 is 1.33 bits per heavy atom. The first-order chi connectivity index (χ1) is 11.7. The van der Waals surface area contributed by atoms with Gasteiger partial charge in [-0.2, -0.15) is 0 Å². The Bertz CT molecular complexity index is 733. The quantitative estimate of drug-likeness (QED) is 0.867. The van der Waals surface area contributed by atoms with Gasteiger partial charge in [-0.15, -0.1) is 0 Å². The topological polar surface area (TPSA) is 46.3 Å². The van der Waals surface area contributed by atoms with Crippen molar-refractivity contribution in [2.45, 2.75) is 51.6 Å². The number of aromatic nitrogens is 1.